The molecule has 0 saturated heterocycles. The maximum atomic E-state index is 11.8. The Morgan fingerprint density at radius 3 is 2.57 bits per heavy atom. The van der Waals surface area contributed by atoms with Gasteiger partial charge in [0.2, 0.25) is 15.9 Å². The van der Waals surface area contributed by atoms with E-state index in [9.17, 15) is 18.0 Å². The number of ether oxygens (including phenoxy) is 1. The van der Waals surface area contributed by atoms with Crippen LogP contribution in [0.5, 0.6) is 5.75 Å². The average molecular weight is 336 g/mol. The summed E-state index contributed by atoms with van der Waals surface area (Å²) >= 11 is 5.88. The van der Waals surface area contributed by atoms with Gasteiger partial charge in [0.1, 0.15) is 5.75 Å². The first kappa shape index (κ1) is 17.2. The SMILES string of the molecule is CNC(=O)COc1ccc(S(=O)(=O)NCC(N)=O)cc1Cl. The minimum atomic E-state index is -3.90. The van der Waals surface area contributed by atoms with Gasteiger partial charge in [0, 0.05) is 7.05 Å². The van der Waals surface area contributed by atoms with E-state index in [0.29, 0.717) is 0 Å². The standard InChI is InChI=1S/C11H14ClN3O5S/c1-14-11(17)6-20-9-3-2-7(4-8(9)12)21(18,19)15-5-10(13)16/h2-4,15H,5-6H2,1H3,(H2,13,16)(H,14,17). The Kier molecular flexibility index (Phi) is 5.94. The number of halogens is 1. The molecule has 1 aromatic rings. The molecule has 1 rings (SSSR count). The third-order valence-corrected chi connectivity index (χ3v) is 3.98. The molecule has 0 heterocycles. The molecule has 0 unspecified atom stereocenters. The molecule has 0 radical (unpaired) electrons. The first-order chi connectivity index (χ1) is 9.76. The fourth-order valence-electron chi connectivity index (χ4n) is 1.23. The zero-order valence-electron chi connectivity index (χ0n) is 11.1. The lowest BCUT2D eigenvalue weighted by Gasteiger charge is -2.09. The summed E-state index contributed by atoms with van der Waals surface area (Å²) in [6, 6.07) is 3.68. The summed E-state index contributed by atoms with van der Waals surface area (Å²) in [7, 11) is -2.45. The number of hydrogen-bond acceptors (Lipinski definition) is 5. The highest BCUT2D eigenvalue weighted by molar-refractivity contribution is 7.89. The lowest BCUT2D eigenvalue weighted by atomic mass is 10.3. The molecule has 0 bridgehead atoms. The van der Waals surface area contributed by atoms with Crippen LogP contribution in [0.2, 0.25) is 5.02 Å². The fraction of sp³-hybridized carbons (Fsp3) is 0.273. The van der Waals surface area contributed by atoms with Crippen molar-refractivity contribution in [1.29, 1.82) is 0 Å². The molecule has 2 amide bonds. The van der Waals surface area contributed by atoms with Gasteiger partial charge in [-0.3, -0.25) is 9.59 Å². The second-order valence-electron chi connectivity index (χ2n) is 3.84. The number of amides is 2. The van der Waals surface area contributed by atoms with Crippen LogP contribution >= 0.6 is 11.6 Å². The van der Waals surface area contributed by atoms with Crippen molar-refractivity contribution < 1.29 is 22.7 Å². The highest BCUT2D eigenvalue weighted by atomic mass is 35.5. The Bertz CT molecular complexity index is 647. The normalized spacial score (nSPS) is 11.0. The lowest BCUT2D eigenvalue weighted by Crippen LogP contribution is -2.33. The summed E-state index contributed by atoms with van der Waals surface area (Å²) < 4.78 is 30.8. The molecule has 0 spiro atoms. The quantitative estimate of drug-likeness (QED) is 0.602. The number of nitrogens with one attached hydrogen (secondary N) is 2. The number of nitrogens with two attached hydrogens (primary N) is 1. The van der Waals surface area contributed by atoms with Gasteiger partial charge in [-0.15, -0.1) is 0 Å². The number of sulfonamides is 1. The highest BCUT2D eigenvalue weighted by Gasteiger charge is 2.17. The second kappa shape index (κ2) is 7.25. The largest absolute Gasteiger partial charge is 0.482 e. The minimum absolute atomic E-state index is 0.0147. The Hall–Kier alpha value is -1.84. The zero-order chi connectivity index (χ0) is 16.0. The maximum absolute atomic E-state index is 11.8. The van der Waals surface area contributed by atoms with Crippen molar-refractivity contribution >= 4 is 33.4 Å². The molecule has 4 N–H and O–H groups in total. The van der Waals surface area contributed by atoms with E-state index in [0.717, 1.165) is 6.07 Å². The van der Waals surface area contributed by atoms with E-state index >= 15 is 0 Å². The van der Waals surface area contributed by atoms with Crippen LogP contribution in [0.15, 0.2) is 23.1 Å². The molecule has 21 heavy (non-hydrogen) atoms. The number of carbonyl (C=O) groups is 2. The molecule has 1 aromatic carbocycles. The van der Waals surface area contributed by atoms with Crippen molar-refractivity contribution in [3.63, 3.8) is 0 Å². The van der Waals surface area contributed by atoms with E-state index in [1.165, 1.54) is 19.2 Å². The highest BCUT2D eigenvalue weighted by Crippen LogP contribution is 2.27. The van der Waals surface area contributed by atoms with Gasteiger partial charge in [-0.25, -0.2) is 13.1 Å². The van der Waals surface area contributed by atoms with Crippen molar-refractivity contribution in [2.75, 3.05) is 20.2 Å². The molecule has 0 aliphatic heterocycles. The van der Waals surface area contributed by atoms with Gasteiger partial charge in [0.15, 0.2) is 6.61 Å². The Morgan fingerprint density at radius 1 is 1.38 bits per heavy atom. The van der Waals surface area contributed by atoms with Crippen LogP contribution in [-0.2, 0) is 19.6 Å². The van der Waals surface area contributed by atoms with E-state index in [4.69, 9.17) is 22.1 Å². The van der Waals surface area contributed by atoms with Gasteiger partial charge in [0.05, 0.1) is 16.5 Å². The van der Waals surface area contributed by atoms with Crippen LogP contribution < -0.4 is 20.5 Å². The number of likely N-dealkylation sites (N-methyl/N-ethyl adjacent to an activating group) is 1. The van der Waals surface area contributed by atoms with Crippen molar-refractivity contribution in [2.24, 2.45) is 5.73 Å². The number of primary amides is 1. The van der Waals surface area contributed by atoms with Gasteiger partial charge in [-0.1, -0.05) is 11.6 Å². The predicted octanol–water partition coefficient (Wildman–Crippen LogP) is -0.772. The van der Waals surface area contributed by atoms with Crippen LogP contribution in [0, 0.1) is 0 Å². The first-order valence-corrected chi connectivity index (χ1v) is 7.53. The Labute approximate surface area is 126 Å². The number of carbonyl (C=O) groups excluding carboxylic acids is 2. The van der Waals surface area contributed by atoms with Crippen LogP contribution in [0.4, 0.5) is 0 Å². The van der Waals surface area contributed by atoms with Crippen molar-refractivity contribution in [3.8, 4) is 5.75 Å². The van der Waals surface area contributed by atoms with E-state index in [1.807, 2.05) is 4.72 Å². The van der Waals surface area contributed by atoms with Gasteiger partial charge in [0.25, 0.3) is 5.91 Å². The number of hydrogen-bond donors (Lipinski definition) is 3. The van der Waals surface area contributed by atoms with Crippen LogP contribution in [0.25, 0.3) is 0 Å². The molecular formula is C11H14ClN3O5S. The van der Waals surface area contributed by atoms with Gasteiger partial charge < -0.3 is 15.8 Å². The summed E-state index contributed by atoms with van der Waals surface area (Å²) in [5, 5.41) is 2.38. The minimum Gasteiger partial charge on any atom is -0.482 e. The van der Waals surface area contributed by atoms with E-state index in [1.54, 1.807) is 0 Å². The first-order valence-electron chi connectivity index (χ1n) is 5.67. The topological polar surface area (TPSA) is 128 Å². The monoisotopic (exact) mass is 335 g/mol. The zero-order valence-corrected chi connectivity index (χ0v) is 12.6. The van der Waals surface area contributed by atoms with E-state index in [-0.39, 0.29) is 28.2 Å². The van der Waals surface area contributed by atoms with Crippen molar-refractivity contribution in [3.05, 3.63) is 23.2 Å². The van der Waals surface area contributed by atoms with Crippen LogP contribution in [-0.4, -0.2) is 40.4 Å². The number of benzene rings is 1. The molecule has 10 heteroatoms. The summed E-state index contributed by atoms with van der Waals surface area (Å²) in [6.45, 7) is -0.767. The van der Waals surface area contributed by atoms with Gasteiger partial charge in [-0.2, -0.15) is 0 Å². The summed E-state index contributed by atoms with van der Waals surface area (Å²) in [6.07, 6.45) is 0. The summed E-state index contributed by atoms with van der Waals surface area (Å²) in [5.41, 5.74) is 4.86. The maximum Gasteiger partial charge on any atom is 0.257 e. The molecule has 0 aromatic heterocycles. The van der Waals surface area contributed by atoms with E-state index in [2.05, 4.69) is 5.32 Å². The lowest BCUT2D eigenvalue weighted by molar-refractivity contribution is -0.122. The van der Waals surface area contributed by atoms with E-state index < -0.39 is 22.5 Å². The van der Waals surface area contributed by atoms with Crippen molar-refractivity contribution in [2.45, 2.75) is 4.90 Å². The molecule has 0 aliphatic carbocycles. The van der Waals surface area contributed by atoms with Crippen molar-refractivity contribution in [1.82, 2.24) is 10.0 Å². The third-order valence-electron chi connectivity index (χ3n) is 2.29. The van der Waals surface area contributed by atoms with Crippen LogP contribution in [0.1, 0.15) is 0 Å². The molecule has 0 fully saturated rings. The Balaban J connectivity index is 2.86. The summed E-state index contributed by atoms with van der Waals surface area (Å²) in [4.78, 5) is 21.5. The Morgan fingerprint density at radius 2 is 2.05 bits per heavy atom. The molecule has 0 atom stereocenters. The molecular weight excluding hydrogens is 322 g/mol. The molecule has 0 aliphatic rings. The smallest absolute Gasteiger partial charge is 0.257 e. The number of rotatable bonds is 7. The molecule has 116 valence electrons. The molecule has 8 nitrogen and oxygen atoms in total. The molecule has 0 saturated carbocycles. The fourth-order valence-corrected chi connectivity index (χ4v) is 2.55. The average Bonchev–Trinajstić information content (AvgIpc) is 2.43. The van der Waals surface area contributed by atoms with Crippen LogP contribution in [0.3, 0.4) is 0 Å². The predicted molar refractivity (Wildman–Crippen MR) is 75.4 cm³/mol. The second-order valence-corrected chi connectivity index (χ2v) is 6.02. The van der Waals surface area contributed by atoms with Gasteiger partial charge in [-0.05, 0) is 18.2 Å². The van der Waals surface area contributed by atoms with Gasteiger partial charge >= 0.3 is 0 Å². The third kappa shape index (κ3) is 5.21. The summed E-state index contributed by atoms with van der Waals surface area (Å²) in [5.74, 6) is -1.00.